The van der Waals surface area contributed by atoms with Crippen LogP contribution in [0.4, 0.5) is 0 Å². The van der Waals surface area contributed by atoms with E-state index in [2.05, 4.69) is 4.90 Å². The predicted molar refractivity (Wildman–Crippen MR) is 119 cm³/mol. The first-order chi connectivity index (χ1) is 15.0. The minimum atomic E-state index is -0.453. The third kappa shape index (κ3) is 7.19. The molecule has 0 aromatic heterocycles. The van der Waals surface area contributed by atoms with Crippen molar-refractivity contribution in [1.82, 2.24) is 4.90 Å². The molecule has 2 rings (SSSR count). The van der Waals surface area contributed by atoms with Crippen molar-refractivity contribution in [3.63, 3.8) is 0 Å². The molecule has 0 atom stereocenters. The quantitative estimate of drug-likeness (QED) is 0.277. The molecule has 1 aromatic carbocycles. The van der Waals surface area contributed by atoms with Gasteiger partial charge in [0.05, 0.1) is 33.5 Å². The largest absolute Gasteiger partial charge is 0.493 e. The van der Waals surface area contributed by atoms with Gasteiger partial charge in [-0.15, -0.1) is 0 Å². The normalized spacial score (nSPS) is 14.3. The van der Waals surface area contributed by atoms with E-state index in [1.807, 2.05) is 13.1 Å². The SMILES string of the molecule is CCN(/C=C/C(=O)C1CCCCC1)CCCOC(=O)c1cc(OC)c(OC)c(OC)c1. The van der Waals surface area contributed by atoms with E-state index in [0.717, 1.165) is 32.2 Å². The van der Waals surface area contributed by atoms with Crippen LogP contribution < -0.4 is 14.2 Å². The molecule has 0 heterocycles. The highest BCUT2D eigenvalue weighted by Crippen LogP contribution is 2.38. The van der Waals surface area contributed by atoms with E-state index in [1.165, 1.54) is 27.8 Å². The highest BCUT2D eigenvalue weighted by molar-refractivity contribution is 5.92. The molecule has 1 aromatic rings. The number of benzene rings is 1. The molecular formula is C24H35NO6. The molecule has 0 aliphatic heterocycles. The van der Waals surface area contributed by atoms with Crippen LogP contribution in [0, 0.1) is 5.92 Å². The fourth-order valence-electron chi connectivity index (χ4n) is 3.75. The molecule has 172 valence electrons. The monoisotopic (exact) mass is 433 g/mol. The average molecular weight is 434 g/mol. The van der Waals surface area contributed by atoms with E-state index in [-0.39, 0.29) is 18.3 Å². The number of hydrogen-bond acceptors (Lipinski definition) is 7. The zero-order valence-electron chi connectivity index (χ0n) is 19.1. The summed E-state index contributed by atoms with van der Waals surface area (Å²) in [5, 5.41) is 0. The van der Waals surface area contributed by atoms with E-state index < -0.39 is 5.97 Å². The number of hydrogen-bond donors (Lipinski definition) is 0. The zero-order valence-corrected chi connectivity index (χ0v) is 19.1. The van der Waals surface area contributed by atoms with Crippen LogP contribution in [0.25, 0.3) is 0 Å². The van der Waals surface area contributed by atoms with Gasteiger partial charge in [-0.3, -0.25) is 4.79 Å². The van der Waals surface area contributed by atoms with Crippen LogP contribution in [-0.4, -0.2) is 57.7 Å². The molecule has 0 N–H and O–H groups in total. The smallest absolute Gasteiger partial charge is 0.338 e. The Bertz CT molecular complexity index is 729. The van der Waals surface area contributed by atoms with Crippen LogP contribution in [-0.2, 0) is 9.53 Å². The highest BCUT2D eigenvalue weighted by atomic mass is 16.5. The maximum absolute atomic E-state index is 12.4. The molecule has 7 heteroatoms. The van der Waals surface area contributed by atoms with Crippen LogP contribution in [0.15, 0.2) is 24.4 Å². The fourth-order valence-corrected chi connectivity index (χ4v) is 3.75. The van der Waals surface area contributed by atoms with Gasteiger partial charge in [-0.25, -0.2) is 4.79 Å². The zero-order chi connectivity index (χ0) is 22.6. The molecule has 0 radical (unpaired) electrons. The van der Waals surface area contributed by atoms with Gasteiger partial charge in [-0.1, -0.05) is 19.3 Å². The predicted octanol–water partition coefficient (Wildman–Crippen LogP) is 4.24. The number of carbonyl (C=O) groups excluding carboxylic acids is 2. The second-order valence-electron chi connectivity index (χ2n) is 7.59. The molecular weight excluding hydrogens is 398 g/mol. The Morgan fingerprint density at radius 3 is 2.23 bits per heavy atom. The molecule has 0 saturated heterocycles. The second kappa shape index (κ2) is 12.9. The third-order valence-electron chi connectivity index (χ3n) is 5.59. The highest BCUT2D eigenvalue weighted by Gasteiger charge is 2.19. The second-order valence-corrected chi connectivity index (χ2v) is 7.59. The molecule has 1 aliphatic carbocycles. The van der Waals surface area contributed by atoms with E-state index in [9.17, 15) is 9.59 Å². The van der Waals surface area contributed by atoms with Crippen molar-refractivity contribution in [2.45, 2.75) is 45.4 Å². The first-order valence-corrected chi connectivity index (χ1v) is 11.0. The van der Waals surface area contributed by atoms with Gasteiger partial charge in [0, 0.05) is 25.2 Å². The lowest BCUT2D eigenvalue weighted by molar-refractivity contribution is -0.119. The van der Waals surface area contributed by atoms with Gasteiger partial charge in [0.15, 0.2) is 17.3 Å². The number of nitrogens with zero attached hydrogens (tertiary/aromatic N) is 1. The van der Waals surface area contributed by atoms with Crippen molar-refractivity contribution in [3.8, 4) is 17.2 Å². The van der Waals surface area contributed by atoms with Gasteiger partial charge in [0.2, 0.25) is 5.75 Å². The van der Waals surface area contributed by atoms with Gasteiger partial charge in [-0.2, -0.15) is 0 Å². The standard InChI is InChI=1S/C24H35NO6/c1-5-25(14-12-20(26)18-10-7-6-8-11-18)13-9-15-31-24(27)19-16-21(28-2)23(30-4)22(17-19)29-3/h12,14,16-18H,5-11,13,15H2,1-4H3/b14-12+. The Balaban J connectivity index is 1.83. The topological polar surface area (TPSA) is 74.3 Å². The van der Waals surface area contributed by atoms with Gasteiger partial charge < -0.3 is 23.8 Å². The third-order valence-corrected chi connectivity index (χ3v) is 5.59. The lowest BCUT2D eigenvalue weighted by Crippen LogP contribution is -2.21. The number of esters is 1. The lowest BCUT2D eigenvalue weighted by Gasteiger charge is -2.20. The average Bonchev–Trinajstić information content (AvgIpc) is 2.82. The molecule has 1 fully saturated rings. The van der Waals surface area contributed by atoms with Crippen LogP contribution in [0.2, 0.25) is 0 Å². The van der Waals surface area contributed by atoms with Crippen LogP contribution in [0.3, 0.4) is 0 Å². The van der Waals surface area contributed by atoms with Gasteiger partial charge in [-0.05, 0) is 44.4 Å². The van der Waals surface area contributed by atoms with Gasteiger partial charge in [0.1, 0.15) is 0 Å². The Morgan fingerprint density at radius 1 is 1.03 bits per heavy atom. The molecule has 1 saturated carbocycles. The first-order valence-electron chi connectivity index (χ1n) is 11.0. The summed E-state index contributed by atoms with van der Waals surface area (Å²) in [6.07, 6.45) is 9.80. The number of ether oxygens (including phenoxy) is 4. The Labute approximate surface area is 185 Å². The first kappa shape index (κ1) is 24.6. The van der Waals surface area contributed by atoms with E-state index in [1.54, 1.807) is 18.2 Å². The molecule has 31 heavy (non-hydrogen) atoms. The van der Waals surface area contributed by atoms with Crippen LogP contribution in [0.5, 0.6) is 17.2 Å². The number of rotatable bonds is 12. The van der Waals surface area contributed by atoms with Crippen molar-refractivity contribution in [2.75, 3.05) is 41.0 Å². The van der Waals surface area contributed by atoms with E-state index >= 15 is 0 Å². The molecule has 0 bridgehead atoms. The molecule has 7 nitrogen and oxygen atoms in total. The maximum Gasteiger partial charge on any atom is 0.338 e. The number of allylic oxidation sites excluding steroid dienone is 1. The number of methoxy groups -OCH3 is 3. The minimum Gasteiger partial charge on any atom is -0.493 e. The van der Waals surface area contributed by atoms with Crippen molar-refractivity contribution < 1.29 is 28.5 Å². The minimum absolute atomic E-state index is 0.183. The Morgan fingerprint density at radius 2 is 1.68 bits per heavy atom. The van der Waals surface area contributed by atoms with Crippen molar-refractivity contribution in [3.05, 3.63) is 30.0 Å². The molecule has 0 amide bonds. The summed E-state index contributed by atoms with van der Waals surface area (Å²) in [6.45, 7) is 3.80. The van der Waals surface area contributed by atoms with Crippen LogP contribution >= 0.6 is 0 Å². The van der Waals surface area contributed by atoms with E-state index in [0.29, 0.717) is 35.8 Å². The summed E-state index contributed by atoms with van der Waals surface area (Å²) in [6, 6.07) is 3.14. The summed E-state index contributed by atoms with van der Waals surface area (Å²) in [5.74, 6) is 1.19. The van der Waals surface area contributed by atoms with Crippen molar-refractivity contribution in [2.24, 2.45) is 5.92 Å². The maximum atomic E-state index is 12.4. The molecule has 1 aliphatic rings. The van der Waals surface area contributed by atoms with Crippen molar-refractivity contribution >= 4 is 11.8 Å². The lowest BCUT2D eigenvalue weighted by atomic mass is 9.86. The van der Waals surface area contributed by atoms with E-state index in [4.69, 9.17) is 18.9 Å². The summed E-state index contributed by atoms with van der Waals surface area (Å²) >= 11 is 0. The van der Waals surface area contributed by atoms with Gasteiger partial charge in [0.25, 0.3) is 0 Å². The Hall–Kier alpha value is -2.70. The summed E-state index contributed by atoms with van der Waals surface area (Å²) in [7, 11) is 4.51. The van der Waals surface area contributed by atoms with Gasteiger partial charge >= 0.3 is 5.97 Å². The Kier molecular flexibility index (Phi) is 10.2. The number of carbonyl (C=O) groups is 2. The van der Waals surface area contributed by atoms with Crippen molar-refractivity contribution in [1.29, 1.82) is 0 Å². The fraction of sp³-hybridized carbons (Fsp3) is 0.583. The molecule has 0 unspecified atom stereocenters. The summed E-state index contributed by atoms with van der Waals surface area (Å²) in [4.78, 5) is 26.8. The number of ketones is 1. The summed E-state index contributed by atoms with van der Waals surface area (Å²) in [5.41, 5.74) is 0.333. The summed E-state index contributed by atoms with van der Waals surface area (Å²) < 4.78 is 21.2. The van der Waals surface area contributed by atoms with Crippen LogP contribution in [0.1, 0.15) is 55.8 Å². The molecule has 0 spiro atoms.